The van der Waals surface area contributed by atoms with Crippen LogP contribution in [0.25, 0.3) is 0 Å². The van der Waals surface area contributed by atoms with Gasteiger partial charge in [-0.2, -0.15) is 13.2 Å². The molecule has 1 amide bonds. The van der Waals surface area contributed by atoms with E-state index in [1.807, 2.05) is 0 Å². The second-order valence-corrected chi connectivity index (χ2v) is 7.71. The number of hydrogen-bond acceptors (Lipinski definition) is 3. The summed E-state index contributed by atoms with van der Waals surface area (Å²) in [4.78, 5) is 17.2. The summed E-state index contributed by atoms with van der Waals surface area (Å²) in [7, 11) is 1.78. The van der Waals surface area contributed by atoms with E-state index in [-0.39, 0.29) is 11.9 Å². The molecule has 7 heteroatoms. The molecule has 1 aliphatic heterocycles. The van der Waals surface area contributed by atoms with Crippen LogP contribution in [-0.4, -0.2) is 47.9 Å². The molecule has 3 atom stereocenters. The van der Waals surface area contributed by atoms with Crippen molar-refractivity contribution in [3.8, 4) is 0 Å². The Labute approximate surface area is 158 Å². The number of carbonyl (C=O) groups excluding carboxylic acids is 1. The number of carbonyl (C=O) groups is 1. The molecule has 0 spiro atoms. The molecule has 0 bridgehead atoms. The third kappa shape index (κ3) is 4.46. The van der Waals surface area contributed by atoms with Crippen molar-refractivity contribution >= 4 is 5.91 Å². The second kappa shape index (κ2) is 8.19. The highest BCUT2D eigenvalue weighted by molar-refractivity contribution is 5.83. The summed E-state index contributed by atoms with van der Waals surface area (Å²) in [5.41, 5.74) is 5.79. The first kappa shape index (κ1) is 20.1. The number of benzene rings is 1. The summed E-state index contributed by atoms with van der Waals surface area (Å²) >= 11 is 0. The first-order valence-corrected chi connectivity index (χ1v) is 9.72. The highest BCUT2D eigenvalue weighted by Gasteiger charge is 2.37. The first-order valence-electron chi connectivity index (χ1n) is 9.72. The topological polar surface area (TPSA) is 49.6 Å². The standard InChI is InChI=1S/C20H28F3N3O/c1-25(16-6-2-3-7-17(16)26-12-4-5-13-26)19(27)18(24)14-8-10-15(11-9-14)20(21,22)23/h8-11,16-18H,2-7,12-13,24H2,1H3/t16-,17-,18-/m0/s1. The Hall–Kier alpha value is -1.60. The molecule has 1 saturated heterocycles. The van der Waals surface area contributed by atoms with Gasteiger partial charge in [0.2, 0.25) is 5.91 Å². The van der Waals surface area contributed by atoms with Crippen molar-refractivity contribution in [1.29, 1.82) is 0 Å². The first-order chi connectivity index (χ1) is 12.8. The maximum atomic E-state index is 12.9. The van der Waals surface area contributed by atoms with Gasteiger partial charge in [0.15, 0.2) is 0 Å². The van der Waals surface area contributed by atoms with Gasteiger partial charge in [0, 0.05) is 19.1 Å². The van der Waals surface area contributed by atoms with Gasteiger partial charge in [-0.3, -0.25) is 9.69 Å². The summed E-state index contributed by atoms with van der Waals surface area (Å²) in [5, 5.41) is 0. The Morgan fingerprint density at radius 3 is 2.30 bits per heavy atom. The number of rotatable bonds is 4. The summed E-state index contributed by atoms with van der Waals surface area (Å²) in [6, 6.07) is 4.10. The fraction of sp³-hybridized carbons (Fsp3) is 0.650. The quantitative estimate of drug-likeness (QED) is 0.865. The highest BCUT2D eigenvalue weighted by Crippen LogP contribution is 2.32. The Kier molecular flexibility index (Phi) is 6.11. The van der Waals surface area contributed by atoms with Gasteiger partial charge < -0.3 is 10.6 Å². The van der Waals surface area contributed by atoms with Crippen LogP contribution in [0.3, 0.4) is 0 Å². The van der Waals surface area contributed by atoms with Gasteiger partial charge in [0.1, 0.15) is 6.04 Å². The van der Waals surface area contributed by atoms with Gasteiger partial charge in [0.05, 0.1) is 5.56 Å². The predicted octanol–water partition coefficient (Wildman–Crippen LogP) is 3.57. The van der Waals surface area contributed by atoms with Crippen molar-refractivity contribution in [2.75, 3.05) is 20.1 Å². The number of hydrogen-bond donors (Lipinski definition) is 1. The van der Waals surface area contributed by atoms with E-state index in [1.54, 1.807) is 11.9 Å². The number of halogens is 3. The lowest BCUT2D eigenvalue weighted by molar-refractivity contribution is -0.137. The molecule has 1 aromatic rings. The Balaban J connectivity index is 1.71. The van der Waals surface area contributed by atoms with E-state index in [0.29, 0.717) is 11.6 Å². The summed E-state index contributed by atoms with van der Waals surface area (Å²) < 4.78 is 38.2. The number of nitrogens with two attached hydrogens (primary N) is 1. The Morgan fingerprint density at radius 2 is 1.70 bits per heavy atom. The van der Waals surface area contributed by atoms with Crippen molar-refractivity contribution in [3.63, 3.8) is 0 Å². The molecule has 1 aromatic carbocycles. The van der Waals surface area contributed by atoms with Gasteiger partial charge >= 0.3 is 6.18 Å². The molecule has 2 N–H and O–H groups in total. The summed E-state index contributed by atoms with van der Waals surface area (Å²) in [6.07, 6.45) is 2.29. The zero-order valence-electron chi connectivity index (χ0n) is 15.7. The molecular weight excluding hydrogens is 355 g/mol. The van der Waals surface area contributed by atoms with Crippen LogP contribution in [0.4, 0.5) is 13.2 Å². The van der Waals surface area contributed by atoms with Gasteiger partial charge in [0.25, 0.3) is 0 Å². The monoisotopic (exact) mass is 383 g/mol. The number of likely N-dealkylation sites (tertiary alicyclic amines) is 1. The second-order valence-electron chi connectivity index (χ2n) is 7.71. The minimum atomic E-state index is -4.39. The van der Waals surface area contributed by atoms with E-state index in [0.717, 1.165) is 44.5 Å². The largest absolute Gasteiger partial charge is 0.416 e. The number of likely N-dealkylation sites (N-methyl/N-ethyl adjacent to an activating group) is 1. The van der Waals surface area contributed by atoms with Crippen molar-refractivity contribution < 1.29 is 18.0 Å². The summed E-state index contributed by atoms with van der Waals surface area (Å²) in [5.74, 6) is -0.231. The van der Waals surface area contributed by atoms with E-state index in [4.69, 9.17) is 5.73 Å². The van der Waals surface area contributed by atoms with E-state index >= 15 is 0 Å². The van der Waals surface area contributed by atoms with Crippen LogP contribution in [0, 0.1) is 0 Å². The van der Waals surface area contributed by atoms with Gasteiger partial charge in [-0.15, -0.1) is 0 Å². The average molecular weight is 383 g/mol. The molecule has 27 heavy (non-hydrogen) atoms. The van der Waals surface area contributed by atoms with Gasteiger partial charge in [-0.25, -0.2) is 0 Å². The molecule has 1 aliphatic carbocycles. The SMILES string of the molecule is CN(C(=O)[C@@H](N)c1ccc(C(F)(F)F)cc1)[C@H]1CCCC[C@@H]1N1CCCC1. The highest BCUT2D eigenvalue weighted by atomic mass is 19.4. The van der Waals surface area contributed by atoms with E-state index < -0.39 is 17.8 Å². The fourth-order valence-corrected chi connectivity index (χ4v) is 4.45. The molecule has 1 saturated carbocycles. The van der Waals surface area contributed by atoms with E-state index in [9.17, 15) is 18.0 Å². The van der Waals surface area contributed by atoms with Crippen molar-refractivity contribution in [1.82, 2.24) is 9.80 Å². The zero-order chi connectivity index (χ0) is 19.6. The Bertz CT molecular complexity index is 641. The molecule has 2 aliphatic rings. The molecule has 4 nitrogen and oxygen atoms in total. The van der Waals surface area contributed by atoms with Crippen LogP contribution < -0.4 is 5.73 Å². The minimum absolute atomic E-state index is 0.116. The lowest BCUT2D eigenvalue weighted by atomic mass is 9.87. The van der Waals surface area contributed by atoms with Crippen LogP contribution in [0.15, 0.2) is 24.3 Å². The molecular formula is C20H28F3N3O. The lowest BCUT2D eigenvalue weighted by Crippen LogP contribution is -2.54. The molecule has 0 aromatic heterocycles. The fourth-order valence-electron chi connectivity index (χ4n) is 4.45. The third-order valence-corrected chi connectivity index (χ3v) is 6.01. The number of amides is 1. The molecule has 1 heterocycles. The van der Waals surface area contributed by atoms with Crippen LogP contribution in [-0.2, 0) is 11.0 Å². The smallest absolute Gasteiger partial charge is 0.340 e. The normalized spacial score (nSPS) is 25.4. The van der Waals surface area contributed by atoms with Crippen molar-refractivity contribution in [2.45, 2.75) is 62.8 Å². The maximum absolute atomic E-state index is 12.9. The summed E-state index contributed by atoms with van der Waals surface area (Å²) in [6.45, 7) is 2.16. The molecule has 150 valence electrons. The van der Waals surface area contributed by atoms with Crippen LogP contribution >= 0.6 is 0 Å². The van der Waals surface area contributed by atoms with Crippen LogP contribution in [0.1, 0.15) is 55.7 Å². The average Bonchev–Trinajstić information content (AvgIpc) is 3.20. The van der Waals surface area contributed by atoms with E-state index in [1.165, 1.54) is 31.4 Å². The van der Waals surface area contributed by atoms with Gasteiger partial charge in [-0.05, 0) is 56.5 Å². The van der Waals surface area contributed by atoms with Crippen molar-refractivity contribution in [2.24, 2.45) is 5.73 Å². The minimum Gasteiger partial charge on any atom is -0.340 e. The van der Waals surface area contributed by atoms with Crippen LogP contribution in [0.2, 0.25) is 0 Å². The molecule has 0 unspecified atom stereocenters. The molecule has 0 radical (unpaired) electrons. The van der Waals surface area contributed by atoms with Gasteiger partial charge in [-0.1, -0.05) is 25.0 Å². The van der Waals surface area contributed by atoms with Crippen molar-refractivity contribution in [3.05, 3.63) is 35.4 Å². The predicted molar refractivity (Wildman–Crippen MR) is 98.0 cm³/mol. The van der Waals surface area contributed by atoms with Crippen LogP contribution in [0.5, 0.6) is 0 Å². The maximum Gasteiger partial charge on any atom is 0.416 e. The number of nitrogens with zero attached hydrogens (tertiary/aromatic N) is 2. The molecule has 2 fully saturated rings. The zero-order valence-corrected chi connectivity index (χ0v) is 15.7. The lowest BCUT2D eigenvalue weighted by Gasteiger charge is -2.43. The third-order valence-electron chi connectivity index (χ3n) is 6.01. The van der Waals surface area contributed by atoms with E-state index in [2.05, 4.69) is 4.90 Å². The Morgan fingerprint density at radius 1 is 1.11 bits per heavy atom. The number of alkyl halides is 3. The molecule has 3 rings (SSSR count).